The van der Waals surface area contributed by atoms with Crippen LogP contribution in [-0.4, -0.2) is 62.8 Å². The molecule has 1 heterocycles. The quantitative estimate of drug-likeness (QED) is 0.389. The zero-order valence-electron chi connectivity index (χ0n) is 10.8. The number of ether oxygens (including phenoxy) is 1. The van der Waals surface area contributed by atoms with Crippen molar-refractivity contribution in [2.24, 2.45) is 0 Å². The third-order valence-corrected chi connectivity index (χ3v) is 3.42. The fourth-order valence-corrected chi connectivity index (χ4v) is 2.21. The van der Waals surface area contributed by atoms with Gasteiger partial charge in [0.25, 0.3) is 0 Å². The number of aliphatic hydroxyl groups is 4. The Bertz CT molecular complexity index is 443. The number of hydrogen-bond donors (Lipinski definition) is 6. The predicted molar refractivity (Wildman–Crippen MR) is 68.7 cm³/mol. The molecule has 1 aliphatic rings. The molecule has 0 bridgehead atoms. The molecule has 5 atom stereocenters. The molecule has 6 N–H and O–H groups in total. The molecule has 1 aromatic rings. The average molecular weight is 285 g/mol. The average Bonchev–Trinajstić information content (AvgIpc) is 2.44. The van der Waals surface area contributed by atoms with E-state index in [0.717, 1.165) is 0 Å². The summed E-state index contributed by atoms with van der Waals surface area (Å²) < 4.78 is 5.02. The van der Waals surface area contributed by atoms with Gasteiger partial charge in [0.2, 0.25) is 0 Å². The topological polar surface area (TPSA) is 122 Å². The molecular formula is C13H19NO6. The number of hydrogen-bond acceptors (Lipinski definition) is 7. The van der Waals surface area contributed by atoms with Gasteiger partial charge < -0.3 is 35.6 Å². The Labute approximate surface area is 116 Å². The highest BCUT2D eigenvalue weighted by Crippen LogP contribution is 2.21. The fourth-order valence-electron chi connectivity index (χ4n) is 2.21. The summed E-state index contributed by atoms with van der Waals surface area (Å²) in [5, 5.41) is 50.9. The van der Waals surface area contributed by atoms with Crippen molar-refractivity contribution in [2.45, 2.75) is 37.2 Å². The Balaban J connectivity index is 2.00. The lowest BCUT2D eigenvalue weighted by Crippen LogP contribution is -2.63. The summed E-state index contributed by atoms with van der Waals surface area (Å²) in [7, 11) is 0. The molecule has 0 radical (unpaired) electrons. The summed E-state index contributed by atoms with van der Waals surface area (Å²) in [5.41, 5.74) is 0.589. The largest absolute Gasteiger partial charge is 0.508 e. The molecule has 1 aliphatic heterocycles. The SMILES string of the molecule is OCC1OC(O)C(NCc2ccccc2O)C(O)C1O. The van der Waals surface area contributed by atoms with Crippen molar-refractivity contribution < 1.29 is 30.3 Å². The minimum absolute atomic E-state index is 0.0921. The number of rotatable bonds is 4. The second kappa shape index (κ2) is 6.49. The number of para-hydroxylation sites is 1. The minimum Gasteiger partial charge on any atom is -0.508 e. The van der Waals surface area contributed by atoms with E-state index in [1.54, 1.807) is 18.2 Å². The van der Waals surface area contributed by atoms with E-state index in [1.807, 2.05) is 0 Å². The Morgan fingerprint density at radius 2 is 1.80 bits per heavy atom. The van der Waals surface area contributed by atoms with Crippen LogP contribution in [0.25, 0.3) is 0 Å². The van der Waals surface area contributed by atoms with Crippen molar-refractivity contribution in [3.05, 3.63) is 29.8 Å². The zero-order chi connectivity index (χ0) is 14.7. The molecule has 20 heavy (non-hydrogen) atoms. The number of benzene rings is 1. The highest BCUT2D eigenvalue weighted by Gasteiger charge is 2.43. The number of aliphatic hydroxyl groups excluding tert-OH is 4. The fraction of sp³-hybridized carbons (Fsp3) is 0.538. The van der Waals surface area contributed by atoms with Crippen molar-refractivity contribution in [2.75, 3.05) is 6.61 Å². The third kappa shape index (κ3) is 3.09. The van der Waals surface area contributed by atoms with E-state index < -0.39 is 37.3 Å². The first-order valence-electron chi connectivity index (χ1n) is 6.35. The van der Waals surface area contributed by atoms with Crippen LogP contribution in [0, 0.1) is 0 Å². The van der Waals surface area contributed by atoms with E-state index >= 15 is 0 Å². The number of phenols is 1. The van der Waals surface area contributed by atoms with Crippen molar-refractivity contribution in [3.8, 4) is 5.75 Å². The highest BCUT2D eigenvalue weighted by molar-refractivity contribution is 5.31. The molecule has 7 heteroatoms. The van der Waals surface area contributed by atoms with Gasteiger partial charge in [0, 0.05) is 12.1 Å². The number of aromatic hydroxyl groups is 1. The van der Waals surface area contributed by atoms with Crippen LogP contribution in [0.1, 0.15) is 5.56 Å². The van der Waals surface area contributed by atoms with Gasteiger partial charge in [-0.25, -0.2) is 0 Å². The second-order valence-corrected chi connectivity index (χ2v) is 4.76. The summed E-state index contributed by atoms with van der Waals surface area (Å²) >= 11 is 0. The van der Waals surface area contributed by atoms with Crippen LogP contribution < -0.4 is 5.32 Å². The molecule has 0 spiro atoms. The summed E-state index contributed by atoms with van der Waals surface area (Å²) in [5.74, 6) is 0.0921. The van der Waals surface area contributed by atoms with E-state index in [4.69, 9.17) is 9.84 Å². The summed E-state index contributed by atoms with van der Waals surface area (Å²) in [6, 6.07) is 5.72. The molecule has 0 aliphatic carbocycles. The van der Waals surface area contributed by atoms with Crippen LogP contribution in [0.2, 0.25) is 0 Å². The van der Waals surface area contributed by atoms with E-state index in [-0.39, 0.29) is 12.3 Å². The first-order chi connectivity index (χ1) is 9.54. The molecule has 1 saturated heterocycles. The Hall–Kier alpha value is -1.22. The molecule has 1 aromatic carbocycles. The van der Waals surface area contributed by atoms with Crippen LogP contribution in [0.5, 0.6) is 5.75 Å². The van der Waals surface area contributed by atoms with Crippen LogP contribution in [0.4, 0.5) is 0 Å². The van der Waals surface area contributed by atoms with Gasteiger partial charge in [-0.05, 0) is 6.07 Å². The Morgan fingerprint density at radius 3 is 2.45 bits per heavy atom. The number of phenolic OH excluding ortho intramolecular Hbond substituents is 1. The van der Waals surface area contributed by atoms with E-state index in [0.29, 0.717) is 5.56 Å². The van der Waals surface area contributed by atoms with Crippen LogP contribution in [0.3, 0.4) is 0 Å². The van der Waals surface area contributed by atoms with Crippen LogP contribution in [-0.2, 0) is 11.3 Å². The van der Waals surface area contributed by atoms with Gasteiger partial charge in [-0.15, -0.1) is 0 Å². The van der Waals surface area contributed by atoms with Crippen molar-refractivity contribution in [1.82, 2.24) is 5.32 Å². The minimum atomic E-state index is -1.36. The summed E-state index contributed by atoms with van der Waals surface area (Å²) in [6.07, 6.45) is -4.98. The maximum absolute atomic E-state index is 9.93. The predicted octanol–water partition coefficient (Wildman–Crippen LogP) is -1.72. The third-order valence-electron chi connectivity index (χ3n) is 3.42. The lowest BCUT2D eigenvalue weighted by atomic mass is 9.97. The normalized spacial score (nSPS) is 34.1. The van der Waals surface area contributed by atoms with Gasteiger partial charge in [0.05, 0.1) is 12.6 Å². The van der Waals surface area contributed by atoms with Gasteiger partial charge >= 0.3 is 0 Å². The molecule has 0 aromatic heterocycles. The molecular weight excluding hydrogens is 266 g/mol. The standard InChI is InChI=1S/C13H19NO6/c15-6-9-11(17)12(18)10(13(19)20-9)14-5-7-3-1-2-4-8(7)16/h1-4,9-19H,5-6H2. The molecule has 5 unspecified atom stereocenters. The first kappa shape index (κ1) is 15.2. The van der Waals surface area contributed by atoms with E-state index in [2.05, 4.69) is 5.32 Å². The first-order valence-corrected chi connectivity index (χ1v) is 6.35. The van der Waals surface area contributed by atoms with Gasteiger partial charge in [0.15, 0.2) is 6.29 Å². The maximum atomic E-state index is 9.93. The van der Waals surface area contributed by atoms with Gasteiger partial charge in [-0.2, -0.15) is 0 Å². The number of nitrogens with one attached hydrogen (secondary N) is 1. The highest BCUT2D eigenvalue weighted by atomic mass is 16.6. The zero-order valence-corrected chi connectivity index (χ0v) is 10.8. The van der Waals surface area contributed by atoms with Crippen LogP contribution in [0.15, 0.2) is 24.3 Å². The van der Waals surface area contributed by atoms with Crippen molar-refractivity contribution >= 4 is 0 Å². The van der Waals surface area contributed by atoms with E-state index in [9.17, 15) is 20.4 Å². The van der Waals surface area contributed by atoms with Gasteiger partial charge in [-0.1, -0.05) is 18.2 Å². The smallest absolute Gasteiger partial charge is 0.173 e. The molecule has 7 nitrogen and oxygen atoms in total. The maximum Gasteiger partial charge on any atom is 0.173 e. The Morgan fingerprint density at radius 1 is 1.10 bits per heavy atom. The molecule has 0 amide bonds. The van der Waals surface area contributed by atoms with Crippen LogP contribution >= 0.6 is 0 Å². The lowest BCUT2D eigenvalue weighted by molar-refractivity contribution is -0.254. The van der Waals surface area contributed by atoms with Crippen molar-refractivity contribution in [3.63, 3.8) is 0 Å². The Kier molecular flexibility index (Phi) is 4.92. The molecule has 1 fully saturated rings. The van der Waals surface area contributed by atoms with Gasteiger partial charge in [0.1, 0.15) is 24.1 Å². The van der Waals surface area contributed by atoms with Gasteiger partial charge in [-0.3, -0.25) is 0 Å². The summed E-state index contributed by atoms with van der Waals surface area (Å²) in [6.45, 7) is -0.313. The molecule has 0 saturated carbocycles. The van der Waals surface area contributed by atoms with Crippen molar-refractivity contribution in [1.29, 1.82) is 0 Å². The lowest BCUT2D eigenvalue weighted by Gasteiger charge is -2.40. The molecule has 2 rings (SSSR count). The summed E-state index contributed by atoms with van der Waals surface area (Å²) in [4.78, 5) is 0. The molecule has 112 valence electrons. The van der Waals surface area contributed by atoms with E-state index in [1.165, 1.54) is 6.07 Å². The second-order valence-electron chi connectivity index (χ2n) is 4.76. The monoisotopic (exact) mass is 285 g/mol.